The van der Waals surface area contributed by atoms with Crippen molar-refractivity contribution in [3.63, 3.8) is 0 Å². The quantitative estimate of drug-likeness (QED) is 0.595. The maximum Gasteiger partial charge on any atom is 0.308 e. The highest BCUT2D eigenvalue weighted by Gasteiger charge is 2.02. The molecule has 58 valence electrons. The fourth-order valence-electron chi connectivity index (χ4n) is 0.673. The smallest absolute Gasteiger partial charge is 0.308 e. The van der Waals surface area contributed by atoms with Gasteiger partial charge in [-0.25, -0.2) is 5.10 Å². The summed E-state index contributed by atoms with van der Waals surface area (Å²) in [5, 5.41) is 13.9. The predicted molar refractivity (Wildman–Crippen MR) is 36.2 cm³/mol. The number of hydrogen-bond donors (Lipinski definition) is 2. The van der Waals surface area contributed by atoms with E-state index in [1.165, 1.54) is 12.3 Å². The number of H-pyrrole nitrogens is 1. The summed E-state index contributed by atoms with van der Waals surface area (Å²) in [7, 11) is 0. The lowest BCUT2D eigenvalue weighted by molar-refractivity contribution is -0.136. The van der Waals surface area contributed by atoms with E-state index in [9.17, 15) is 9.59 Å². The molecule has 1 rings (SSSR count). The van der Waals surface area contributed by atoms with E-state index in [0.29, 0.717) is 0 Å². The van der Waals surface area contributed by atoms with E-state index in [0.717, 1.165) is 0 Å². The Morgan fingerprint density at radius 1 is 1.73 bits per heavy atom. The Bertz CT molecular complexity index is 318. The first-order valence-corrected chi connectivity index (χ1v) is 2.94. The van der Waals surface area contributed by atoms with E-state index < -0.39 is 11.5 Å². The Morgan fingerprint density at radius 3 is 3.00 bits per heavy atom. The molecule has 0 aliphatic heterocycles. The van der Waals surface area contributed by atoms with Crippen LogP contribution in [-0.4, -0.2) is 21.3 Å². The molecular formula is C6H6N2O3. The van der Waals surface area contributed by atoms with Crippen molar-refractivity contribution in [1.29, 1.82) is 0 Å². The summed E-state index contributed by atoms with van der Waals surface area (Å²) in [4.78, 5) is 20.9. The first-order chi connectivity index (χ1) is 5.20. The van der Waals surface area contributed by atoms with Crippen molar-refractivity contribution in [1.82, 2.24) is 10.2 Å². The van der Waals surface area contributed by atoms with E-state index in [2.05, 4.69) is 10.2 Å². The molecule has 11 heavy (non-hydrogen) atoms. The van der Waals surface area contributed by atoms with Gasteiger partial charge in [-0.2, -0.15) is 5.10 Å². The summed E-state index contributed by atoms with van der Waals surface area (Å²) in [6, 6.07) is 1.38. The van der Waals surface area contributed by atoms with Crippen LogP contribution in [0.2, 0.25) is 0 Å². The van der Waals surface area contributed by atoms with E-state index in [-0.39, 0.29) is 12.0 Å². The summed E-state index contributed by atoms with van der Waals surface area (Å²) in [6.45, 7) is 0. The molecule has 0 fully saturated rings. The molecule has 5 heteroatoms. The van der Waals surface area contributed by atoms with Gasteiger partial charge in [-0.05, 0) is 6.07 Å². The largest absolute Gasteiger partial charge is 0.481 e. The first-order valence-electron chi connectivity index (χ1n) is 2.94. The maximum absolute atomic E-state index is 10.8. The van der Waals surface area contributed by atoms with Crippen LogP contribution in [0.15, 0.2) is 17.1 Å². The number of carbonyl (C=O) groups is 1. The second-order valence-electron chi connectivity index (χ2n) is 1.98. The highest BCUT2D eigenvalue weighted by atomic mass is 16.4. The highest BCUT2D eigenvalue weighted by Crippen LogP contribution is 1.88. The molecular weight excluding hydrogens is 148 g/mol. The van der Waals surface area contributed by atoms with Crippen LogP contribution in [0, 0.1) is 0 Å². The standard InChI is InChI=1S/C6H6N2O3/c9-5(10)3-4-1-2-7-8-6(4)11/h1-2H,3H2,(H,8,11)(H,9,10). The average Bonchev–Trinajstić information content (AvgIpc) is 1.93. The van der Waals surface area contributed by atoms with Gasteiger partial charge in [-0.1, -0.05) is 0 Å². The second kappa shape index (κ2) is 2.96. The van der Waals surface area contributed by atoms with Crippen LogP contribution in [0.4, 0.5) is 0 Å². The Kier molecular flexibility index (Phi) is 2.00. The maximum atomic E-state index is 10.8. The minimum atomic E-state index is -1.03. The molecule has 0 unspecified atom stereocenters. The van der Waals surface area contributed by atoms with Gasteiger partial charge in [0.2, 0.25) is 0 Å². The Hall–Kier alpha value is -1.65. The molecule has 1 aromatic heterocycles. The summed E-state index contributed by atoms with van der Waals surface area (Å²) in [6.07, 6.45) is 1.08. The number of aliphatic carboxylic acids is 1. The number of nitrogens with zero attached hydrogens (tertiary/aromatic N) is 1. The SMILES string of the molecule is O=C(O)Cc1ccn[nH]c1=O. The van der Waals surface area contributed by atoms with Gasteiger partial charge in [0, 0.05) is 11.8 Å². The molecule has 1 heterocycles. The summed E-state index contributed by atoms with van der Waals surface area (Å²) < 4.78 is 0. The molecule has 0 amide bonds. The highest BCUT2D eigenvalue weighted by molar-refractivity contribution is 5.69. The van der Waals surface area contributed by atoms with E-state index in [4.69, 9.17) is 5.11 Å². The zero-order valence-corrected chi connectivity index (χ0v) is 5.57. The van der Waals surface area contributed by atoms with Gasteiger partial charge in [0.1, 0.15) is 0 Å². The molecule has 0 atom stereocenters. The predicted octanol–water partition coefficient (Wildman–Crippen LogP) is -0.603. The minimum absolute atomic E-state index is 0.215. The third kappa shape index (κ3) is 1.89. The molecule has 2 N–H and O–H groups in total. The molecule has 0 aliphatic carbocycles. The van der Waals surface area contributed by atoms with Crippen molar-refractivity contribution >= 4 is 5.97 Å². The molecule has 0 aromatic carbocycles. The molecule has 0 radical (unpaired) electrons. The van der Waals surface area contributed by atoms with Crippen LogP contribution in [-0.2, 0) is 11.2 Å². The van der Waals surface area contributed by atoms with Crippen LogP contribution in [0.25, 0.3) is 0 Å². The number of carboxylic acid groups (broad SMARTS) is 1. The van der Waals surface area contributed by atoms with E-state index >= 15 is 0 Å². The van der Waals surface area contributed by atoms with Crippen molar-refractivity contribution in [2.24, 2.45) is 0 Å². The number of rotatable bonds is 2. The van der Waals surface area contributed by atoms with Gasteiger partial charge in [0.25, 0.3) is 5.56 Å². The van der Waals surface area contributed by atoms with Gasteiger partial charge in [-0.3, -0.25) is 9.59 Å². The zero-order chi connectivity index (χ0) is 8.27. The monoisotopic (exact) mass is 154 g/mol. The fourth-order valence-corrected chi connectivity index (χ4v) is 0.673. The zero-order valence-electron chi connectivity index (χ0n) is 5.57. The number of carboxylic acids is 1. The molecule has 0 aliphatic rings. The molecule has 0 saturated heterocycles. The molecule has 5 nitrogen and oxygen atoms in total. The summed E-state index contributed by atoms with van der Waals surface area (Å²) in [5.74, 6) is -1.03. The lowest BCUT2D eigenvalue weighted by Crippen LogP contribution is -2.16. The van der Waals surface area contributed by atoms with Crippen LogP contribution in [0.5, 0.6) is 0 Å². The summed E-state index contributed by atoms with van der Waals surface area (Å²) >= 11 is 0. The lowest BCUT2D eigenvalue weighted by Gasteiger charge is -1.91. The van der Waals surface area contributed by atoms with Gasteiger partial charge in [0.15, 0.2) is 0 Å². The van der Waals surface area contributed by atoms with Crippen molar-refractivity contribution in [3.05, 3.63) is 28.2 Å². The van der Waals surface area contributed by atoms with Crippen LogP contribution in [0.3, 0.4) is 0 Å². The summed E-state index contributed by atoms with van der Waals surface area (Å²) in [5.41, 5.74) is -0.234. The minimum Gasteiger partial charge on any atom is -0.481 e. The van der Waals surface area contributed by atoms with Crippen molar-refractivity contribution in [2.45, 2.75) is 6.42 Å². The third-order valence-corrected chi connectivity index (χ3v) is 1.15. The Labute approximate surface area is 61.7 Å². The van der Waals surface area contributed by atoms with Crippen molar-refractivity contribution in [2.75, 3.05) is 0 Å². The number of hydrogen-bond acceptors (Lipinski definition) is 3. The van der Waals surface area contributed by atoms with Gasteiger partial charge < -0.3 is 5.11 Å². The molecule has 0 saturated carbocycles. The second-order valence-corrected chi connectivity index (χ2v) is 1.98. The first kappa shape index (κ1) is 7.46. The van der Waals surface area contributed by atoms with Crippen LogP contribution >= 0.6 is 0 Å². The Morgan fingerprint density at radius 2 is 2.45 bits per heavy atom. The normalized spacial score (nSPS) is 9.45. The van der Waals surface area contributed by atoms with E-state index in [1.54, 1.807) is 0 Å². The number of aromatic nitrogens is 2. The third-order valence-electron chi connectivity index (χ3n) is 1.15. The van der Waals surface area contributed by atoms with Gasteiger partial charge >= 0.3 is 5.97 Å². The van der Waals surface area contributed by atoms with Crippen molar-refractivity contribution in [3.8, 4) is 0 Å². The lowest BCUT2D eigenvalue weighted by atomic mass is 10.2. The molecule has 1 aromatic rings. The van der Waals surface area contributed by atoms with Crippen LogP contribution < -0.4 is 5.56 Å². The Balaban J connectivity index is 2.95. The molecule has 0 bridgehead atoms. The topological polar surface area (TPSA) is 83.0 Å². The van der Waals surface area contributed by atoms with Crippen LogP contribution in [0.1, 0.15) is 5.56 Å². The van der Waals surface area contributed by atoms with Gasteiger partial charge in [-0.15, -0.1) is 0 Å². The average molecular weight is 154 g/mol. The number of nitrogens with one attached hydrogen (secondary N) is 1. The fraction of sp³-hybridized carbons (Fsp3) is 0.167. The van der Waals surface area contributed by atoms with Gasteiger partial charge in [0.05, 0.1) is 6.42 Å². The molecule has 0 spiro atoms. The van der Waals surface area contributed by atoms with E-state index in [1.807, 2.05) is 0 Å². The number of aromatic amines is 1. The van der Waals surface area contributed by atoms with Crippen molar-refractivity contribution < 1.29 is 9.90 Å².